The maximum atomic E-state index is 12.0. The van der Waals surface area contributed by atoms with E-state index >= 15 is 0 Å². The van der Waals surface area contributed by atoms with E-state index in [0.29, 0.717) is 163 Å². The van der Waals surface area contributed by atoms with Crippen molar-refractivity contribution in [1.82, 2.24) is 51.1 Å². The first-order valence-electron chi connectivity index (χ1n) is 35.8. The molecule has 28 nitrogen and oxygen atoms in total. The van der Waals surface area contributed by atoms with Gasteiger partial charge in [0, 0.05) is 143 Å². The highest BCUT2D eigenvalue weighted by Gasteiger charge is 2.17. The average molecular weight is 1540 g/mol. The molecule has 5 N–H and O–H groups in total. The molecule has 0 rings (SSSR count). The van der Waals surface area contributed by atoms with Crippen molar-refractivity contribution in [3.05, 3.63) is 190 Å². The van der Waals surface area contributed by atoms with Gasteiger partial charge in [-0.15, -0.1) is 0 Å². The Morgan fingerprint density at radius 2 is 0.409 bits per heavy atom. The lowest BCUT2D eigenvalue weighted by atomic mass is 10.1. The van der Waals surface area contributed by atoms with Gasteiger partial charge >= 0.3 is 0 Å². The minimum Gasteiger partial charge on any atom is -0.379 e. The zero-order chi connectivity index (χ0) is 83.3. The van der Waals surface area contributed by atoms with E-state index in [1.54, 1.807) is 9.80 Å². The third-order valence-corrected chi connectivity index (χ3v) is 14.5. The van der Waals surface area contributed by atoms with Gasteiger partial charge in [-0.25, -0.2) is 0 Å². The smallest absolute Gasteiger partial charge is 0.246 e. The van der Waals surface area contributed by atoms with Crippen LogP contribution in [0.15, 0.2) is 190 Å². The fourth-order valence-electron chi connectivity index (χ4n) is 8.36. The Hall–Kier alpha value is -11.0. The molecule has 28 heteroatoms. The zero-order valence-electron chi connectivity index (χ0n) is 64.3. The molecule has 0 bridgehead atoms. The predicted molar refractivity (Wildman–Crippen MR) is 434 cm³/mol. The van der Waals surface area contributed by atoms with Gasteiger partial charge in [0.1, 0.15) is 0 Å². The lowest BCUT2D eigenvalue weighted by Gasteiger charge is -2.27. The van der Waals surface area contributed by atoms with Crippen molar-refractivity contribution in [2.24, 2.45) is 0 Å². The summed E-state index contributed by atoms with van der Waals surface area (Å²) in [6.07, 6.45) is 28.1. The van der Waals surface area contributed by atoms with Crippen LogP contribution in [0.2, 0.25) is 0 Å². The first kappa shape index (κ1) is 110. The topological polar surface area (TPSA) is 360 Å². The van der Waals surface area contributed by atoms with E-state index in [4.69, 9.17) is 14.2 Å². The quantitative estimate of drug-likeness (QED) is 0.0308. The van der Waals surface area contributed by atoms with Crippen LogP contribution in [0, 0.1) is 0 Å². The van der Waals surface area contributed by atoms with Gasteiger partial charge in [0.25, 0.3) is 0 Å². The standard InChI is InChI=1S/C19H27N3O4.C17H29NO5.C17H25NO3.C15H22N2O3.C13H19N3O3.CH4/c1-5-16(23)10-9-12-21(18(25)7-3)14-15-22(19(26)8-4)13-11-20-17(24)6-2;1-3-16(19)8-5-6-10-21-12-14-23-15-13-22-11-7-9-18-17(20)4-2;1-4-15(19)11-7-9-13-18(17(21)6-3)14-10-8-12-16(20)5-2;1-4-13(18)9-7-8-11-17(15(20)6-3)12-10-16-14(19)5-2;1-4-11(17)14-7-9-16(13(19)6-3)10-8-15-12(18)5-2;/h5-8H,1-4,9-15H2,(H,20,24);3-4H,1-2,5-15H2,(H,18,20);4-6H,1-3,7-14H2;4-6H,1-3,7-12H2,(H,16,19);4-6H,1-3,7-10H2,(H,14,17)(H,15,18);1H4. The summed E-state index contributed by atoms with van der Waals surface area (Å²) >= 11 is 0. The van der Waals surface area contributed by atoms with Gasteiger partial charge in [-0.2, -0.15) is 0 Å². The van der Waals surface area contributed by atoms with Crippen LogP contribution in [0.25, 0.3) is 0 Å². The number of allylic oxidation sites excluding steroid dienone is 5. The van der Waals surface area contributed by atoms with E-state index < -0.39 is 0 Å². The van der Waals surface area contributed by atoms with Crippen molar-refractivity contribution in [1.29, 1.82) is 0 Å². The van der Waals surface area contributed by atoms with E-state index in [1.807, 2.05) is 0 Å². The number of nitrogens with one attached hydrogen (secondary N) is 5. The fourth-order valence-corrected chi connectivity index (χ4v) is 8.36. The second-order valence-electron chi connectivity index (χ2n) is 22.6. The van der Waals surface area contributed by atoms with Crippen LogP contribution in [0.1, 0.15) is 104 Å². The predicted octanol–water partition coefficient (Wildman–Crippen LogP) is 6.83. The van der Waals surface area contributed by atoms with Crippen molar-refractivity contribution >= 4 is 88.0 Å². The minimum absolute atomic E-state index is 0. The molecule has 0 aromatic carbocycles. The molecule has 612 valence electrons. The Balaban J connectivity index is -0.000000308. The maximum absolute atomic E-state index is 12.0. The normalized spacial score (nSPS) is 9.53. The molecule has 0 aliphatic rings. The van der Waals surface area contributed by atoms with Crippen LogP contribution < -0.4 is 26.6 Å². The number of ketones is 5. The monoisotopic (exact) mass is 1540 g/mol. The van der Waals surface area contributed by atoms with Crippen molar-refractivity contribution in [3.63, 3.8) is 0 Å². The van der Waals surface area contributed by atoms with Gasteiger partial charge in [-0.05, 0) is 155 Å². The first-order valence-corrected chi connectivity index (χ1v) is 35.8. The number of rotatable bonds is 64. The third kappa shape index (κ3) is 70.0. The molecule has 10 amide bonds. The van der Waals surface area contributed by atoms with E-state index in [1.165, 1.54) is 87.6 Å². The van der Waals surface area contributed by atoms with Gasteiger partial charge in [-0.1, -0.05) is 106 Å². The molecular weight excluding hydrogens is 1410 g/mol. The molecule has 0 saturated carbocycles. The molecule has 0 fully saturated rings. The Labute approximate surface area is 653 Å². The molecule has 0 saturated heterocycles. The number of hydrogen-bond acceptors (Lipinski definition) is 18. The Morgan fingerprint density at radius 1 is 0.209 bits per heavy atom. The third-order valence-electron chi connectivity index (χ3n) is 14.5. The molecular formula is C82H126N10O18. The Morgan fingerprint density at radius 3 is 0.673 bits per heavy atom. The second-order valence-corrected chi connectivity index (χ2v) is 22.6. The molecule has 0 aliphatic carbocycles. The van der Waals surface area contributed by atoms with Gasteiger partial charge in [0.15, 0.2) is 28.9 Å². The van der Waals surface area contributed by atoms with E-state index in [0.717, 1.165) is 63.2 Å². The van der Waals surface area contributed by atoms with Crippen molar-refractivity contribution in [3.8, 4) is 0 Å². The molecule has 0 spiro atoms. The number of carbonyl (C=O) groups excluding carboxylic acids is 15. The van der Waals surface area contributed by atoms with Crippen LogP contribution in [0.3, 0.4) is 0 Å². The first-order chi connectivity index (χ1) is 52.2. The molecule has 0 aromatic heterocycles. The highest BCUT2D eigenvalue weighted by Crippen LogP contribution is 2.07. The molecule has 0 unspecified atom stereocenters. The number of carbonyl (C=O) groups is 15. The molecule has 0 aliphatic heterocycles. The zero-order valence-corrected chi connectivity index (χ0v) is 64.3. The molecule has 0 atom stereocenters. The van der Waals surface area contributed by atoms with Crippen LogP contribution in [0.5, 0.6) is 0 Å². The van der Waals surface area contributed by atoms with Crippen LogP contribution >= 0.6 is 0 Å². The summed E-state index contributed by atoms with van der Waals surface area (Å²) < 4.78 is 16.1. The summed E-state index contributed by atoms with van der Waals surface area (Å²) in [5.41, 5.74) is 0. The van der Waals surface area contributed by atoms with Gasteiger partial charge in [0.2, 0.25) is 59.1 Å². The van der Waals surface area contributed by atoms with Crippen LogP contribution in [-0.2, 0) is 86.1 Å². The maximum Gasteiger partial charge on any atom is 0.246 e. The molecule has 110 heavy (non-hydrogen) atoms. The molecule has 0 heterocycles. The number of unbranched alkanes of at least 4 members (excludes halogenated alkanes) is 4. The van der Waals surface area contributed by atoms with Gasteiger partial charge in [0.05, 0.1) is 26.4 Å². The Kier molecular flexibility index (Phi) is 79.1. The SMILES string of the molecule is C.C=CC(=O)CCCCN(CCCCC(=O)C=C)C(=O)C=C.C=CC(=O)CCCCN(CCNC(=O)C=C)C(=O)C=C.C=CC(=O)CCCCOCCOCCOCCCNC(=O)C=C.C=CC(=O)CCCN(CCN(CCNC(=O)C=C)C(=O)C=C)C(=O)C=C.C=CC(=O)NCCN(CCNC(=O)C=C)C(=O)C=C. The lowest BCUT2D eigenvalue weighted by molar-refractivity contribution is -0.130. The van der Waals surface area contributed by atoms with Crippen molar-refractivity contribution in [2.75, 3.05) is 138 Å². The van der Waals surface area contributed by atoms with Crippen LogP contribution in [0.4, 0.5) is 0 Å². The summed E-state index contributed by atoms with van der Waals surface area (Å²) in [4.78, 5) is 177. The summed E-state index contributed by atoms with van der Waals surface area (Å²) in [7, 11) is 0. The minimum atomic E-state index is -0.327. The number of ether oxygens (including phenoxy) is 3. The summed E-state index contributed by atoms with van der Waals surface area (Å²) in [5.74, 6) is -2.45. The van der Waals surface area contributed by atoms with E-state index in [9.17, 15) is 71.9 Å². The largest absolute Gasteiger partial charge is 0.379 e. The summed E-state index contributed by atoms with van der Waals surface area (Å²) in [6.45, 7) is 60.2. The van der Waals surface area contributed by atoms with Gasteiger partial charge < -0.3 is 65.3 Å². The summed E-state index contributed by atoms with van der Waals surface area (Å²) in [6, 6.07) is 0. The highest BCUT2D eigenvalue weighted by molar-refractivity contribution is 5.93. The van der Waals surface area contributed by atoms with Crippen molar-refractivity contribution in [2.45, 2.75) is 104 Å². The van der Waals surface area contributed by atoms with E-state index in [2.05, 4.69) is 125 Å². The Bertz CT molecular complexity index is 2840. The fraction of sp³-hybridized carbons (Fsp3) is 0.451. The average Bonchev–Trinajstić information content (AvgIpc) is 0.933. The van der Waals surface area contributed by atoms with Gasteiger partial charge in [-0.3, -0.25) is 71.9 Å². The number of amides is 10. The number of nitrogens with zero attached hydrogens (tertiary/aromatic N) is 5. The van der Waals surface area contributed by atoms with Crippen molar-refractivity contribution < 1.29 is 86.1 Å². The highest BCUT2D eigenvalue weighted by atomic mass is 16.5. The number of hydrogen-bond donors (Lipinski definition) is 5. The van der Waals surface area contributed by atoms with Crippen LogP contribution in [-0.4, -0.2) is 250 Å². The summed E-state index contributed by atoms with van der Waals surface area (Å²) in [5, 5.41) is 13.0. The lowest BCUT2D eigenvalue weighted by Crippen LogP contribution is -2.43. The second kappa shape index (κ2) is 79.1. The van der Waals surface area contributed by atoms with E-state index in [-0.39, 0.29) is 122 Å². The molecule has 0 aromatic rings. The molecule has 0 radical (unpaired) electrons.